The second-order valence-electron chi connectivity index (χ2n) is 6.92. The number of amides is 1. The summed E-state index contributed by atoms with van der Waals surface area (Å²) in [7, 11) is 0. The minimum Gasteiger partial charge on any atom is -0.492 e. The average Bonchev–Trinajstić information content (AvgIpc) is 3.03. The number of hydrogen-bond acceptors (Lipinski definition) is 4. The Kier molecular flexibility index (Phi) is 3.61. The standard InChI is InChI=1S/C19H18N2O5/c1-11-6-15(22)13(7-20-11)17(23)21-8-14-12-4-2-3-5-16(12)26-10-19(14,9-21)18(24)25/h2-7,14H,8-10H2,1H3,(H,20,22)(H,24,25)/t14-,19-/m1/s1. The average molecular weight is 354 g/mol. The quantitative estimate of drug-likeness (QED) is 0.849. The van der Waals surface area contributed by atoms with Crippen molar-refractivity contribution < 1.29 is 19.4 Å². The molecule has 134 valence electrons. The van der Waals surface area contributed by atoms with Crippen molar-refractivity contribution in [1.29, 1.82) is 0 Å². The second kappa shape index (κ2) is 5.72. The summed E-state index contributed by atoms with van der Waals surface area (Å²) in [6.45, 7) is 1.97. The number of rotatable bonds is 2. The number of aliphatic carboxylic acids is 1. The zero-order valence-corrected chi connectivity index (χ0v) is 14.2. The van der Waals surface area contributed by atoms with Gasteiger partial charge in [0.25, 0.3) is 5.91 Å². The lowest BCUT2D eigenvalue weighted by Gasteiger charge is -2.35. The highest BCUT2D eigenvalue weighted by molar-refractivity contribution is 5.95. The van der Waals surface area contributed by atoms with Crippen LogP contribution in [-0.2, 0) is 4.79 Å². The Morgan fingerprint density at radius 1 is 1.35 bits per heavy atom. The Hall–Kier alpha value is -3.09. The molecule has 1 aromatic carbocycles. The third-order valence-corrected chi connectivity index (χ3v) is 5.32. The number of nitrogens with zero attached hydrogens (tertiary/aromatic N) is 1. The van der Waals surface area contributed by atoms with E-state index in [0.717, 1.165) is 5.56 Å². The van der Waals surface area contributed by atoms with Crippen LogP contribution in [0.3, 0.4) is 0 Å². The SMILES string of the molecule is Cc1cc(=O)c(C(=O)N2C[C@@H]3c4ccccc4OC[C@]3(C(=O)O)C2)c[nH]1. The van der Waals surface area contributed by atoms with Crippen molar-refractivity contribution in [3.63, 3.8) is 0 Å². The molecular formula is C19H18N2O5. The van der Waals surface area contributed by atoms with Crippen molar-refractivity contribution in [2.45, 2.75) is 12.8 Å². The smallest absolute Gasteiger partial charge is 0.315 e. The fourth-order valence-electron chi connectivity index (χ4n) is 3.90. The molecule has 26 heavy (non-hydrogen) atoms. The van der Waals surface area contributed by atoms with Gasteiger partial charge in [0.1, 0.15) is 23.3 Å². The number of nitrogens with one attached hydrogen (secondary N) is 1. The number of carboxylic acids is 1. The first kappa shape index (κ1) is 16.4. The fourth-order valence-corrected chi connectivity index (χ4v) is 3.90. The van der Waals surface area contributed by atoms with E-state index in [1.54, 1.807) is 13.0 Å². The van der Waals surface area contributed by atoms with Crippen LogP contribution in [0.15, 0.2) is 41.3 Å². The van der Waals surface area contributed by atoms with Crippen LogP contribution in [0.4, 0.5) is 0 Å². The molecule has 7 heteroatoms. The highest BCUT2D eigenvalue weighted by Gasteiger charge is 2.57. The van der Waals surface area contributed by atoms with Gasteiger partial charge in [-0.15, -0.1) is 0 Å². The maximum Gasteiger partial charge on any atom is 0.315 e. The minimum absolute atomic E-state index is 0.00194. The van der Waals surface area contributed by atoms with Crippen LogP contribution in [0.1, 0.15) is 27.5 Å². The van der Waals surface area contributed by atoms with Gasteiger partial charge < -0.3 is 19.7 Å². The van der Waals surface area contributed by atoms with Crippen LogP contribution in [0.2, 0.25) is 0 Å². The van der Waals surface area contributed by atoms with Gasteiger partial charge in [-0.3, -0.25) is 14.4 Å². The second-order valence-corrected chi connectivity index (χ2v) is 6.92. The number of para-hydroxylation sites is 1. The van der Waals surface area contributed by atoms with E-state index in [0.29, 0.717) is 11.4 Å². The molecule has 2 aliphatic heterocycles. The highest BCUT2D eigenvalue weighted by Crippen LogP contribution is 2.49. The molecule has 2 aliphatic rings. The zero-order valence-electron chi connectivity index (χ0n) is 14.2. The summed E-state index contributed by atoms with van der Waals surface area (Å²) < 4.78 is 5.69. The zero-order chi connectivity index (χ0) is 18.5. The van der Waals surface area contributed by atoms with Crippen molar-refractivity contribution in [2.24, 2.45) is 5.41 Å². The Morgan fingerprint density at radius 3 is 2.85 bits per heavy atom. The number of pyridine rings is 1. The molecule has 1 amide bonds. The Morgan fingerprint density at radius 2 is 2.12 bits per heavy atom. The Labute approximate surface area is 149 Å². The maximum atomic E-state index is 12.9. The number of fused-ring (bicyclic) bond motifs is 3. The number of aromatic amines is 1. The van der Waals surface area contributed by atoms with Gasteiger partial charge in [-0.1, -0.05) is 18.2 Å². The number of carbonyl (C=O) groups excluding carboxylic acids is 1. The summed E-state index contributed by atoms with van der Waals surface area (Å²) >= 11 is 0. The first-order valence-corrected chi connectivity index (χ1v) is 8.36. The lowest BCUT2D eigenvalue weighted by Crippen LogP contribution is -2.46. The number of aryl methyl sites for hydroxylation is 1. The number of H-pyrrole nitrogens is 1. The van der Waals surface area contributed by atoms with Crippen LogP contribution in [0.5, 0.6) is 5.75 Å². The van der Waals surface area contributed by atoms with E-state index in [4.69, 9.17) is 4.74 Å². The fraction of sp³-hybridized carbons (Fsp3) is 0.316. The van der Waals surface area contributed by atoms with Gasteiger partial charge in [-0.05, 0) is 13.0 Å². The molecule has 0 radical (unpaired) electrons. The topological polar surface area (TPSA) is 99.7 Å². The molecule has 2 N–H and O–H groups in total. The Balaban J connectivity index is 1.73. The first-order chi connectivity index (χ1) is 12.4. The number of benzene rings is 1. The summed E-state index contributed by atoms with van der Waals surface area (Å²) in [5.74, 6) is -1.18. The monoisotopic (exact) mass is 354 g/mol. The maximum absolute atomic E-state index is 12.9. The van der Waals surface area contributed by atoms with E-state index in [1.807, 2.05) is 18.2 Å². The van der Waals surface area contributed by atoms with E-state index >= 15 is 0 Å². The van der Waals surface area contributed by atoms with Crippen LogP contribution in [-0.4, -0.2) is 46.6 Å². The molecular weight excluding hydrogens is 336 g/mol. The number of likely N-dealkylation sites (tertiary alicyclic amines) is 1. The van der Waals surface area contributed by atoms with Gasteiger partial charge in [0.2, 0.25) is 0 Å². The van der Waals surface area contributed by atoms with Crippen molar-refractivity contribution >= 4 is 11.9 Å². The van der Waals surface area contributed by atoms with Gasteiger partial charge in [0.15, 0.2) is 5.43 Å². The molecule has 1 saturated heterocycles. The summed E-state index contributed by atoms with van der Waals surface area (Å²) in [4.78, 5) is 41.4. The number of hydrogen-bond donors (Lipinski definition) is 2. The highest BCUT2D eigenvalue weighted by atomic mass is 16.5. The van der Waals surface area contributed by atoms with Crippen molar-refractivity contribution in [2.75, 3.05) is 19.7 Å². The third kappa shape index (κ3) is 2.31. The van der Waals surface area contributed by atoms with Gasteiger partial charge >= 0.3 is 5.97 Å². The number of ether oxygens (including phenoxy) is 1. The minimum atomic E-state index is -1.21. The molecule has 2 atom stereocenters. The van der Waals surface area contributed by atoms with E-state index in [1.165, 1.54) is 17.2 Å². The molecule has 1 aromatic heterocycles. The third-order valence-electron chi connectivity index (χ3n) is 5.32. The number of aromatic nitrogens is 1. The van der Waals surface area contributed by atoms with Crippen molar-refractivity contribution in [3.8, 4) is 5.75 Å². The predicted molar refractivity (Wildman–Crippen MR) is 92.5 cm³/mol. The van der Waals surface area contributed by atoms with Gasteiger partial charge in [-0.25, -0.2) is 0 Å². The lowest BCUT2D eigenvalue weighted by molar-refractivity contribution is -0.151. The van der Waals surface area contributed by atoms with Gasteiger partial charge in [0, 0.05) is 42.5 Å². The first-order valence-electron chi connectivity index (χ1n) is 8.36. The molecule has 2 aromatic rings. The van der Waals surface area contributed by atoms with Crippen molar-refractivity contribution in [3.05, 3.63) is 63.6 Å². The van der Waals surface area contributed by atoms with E-state index in [9.17, 15) is 19.5 Å². The van der Waals surface area contributed by atoms with Gasteiger partial charge in [0.05, 0.1) is 0 Å². The van der Waals surface area contributed by atoms with Crippen molar-refractivity contribution in [1.82, 2.24) is 9.88 Å². The lowest BCUT2D eigenvalue weighted by atomic mass is 9.73. The molecule has 0 saturated carbocycles. The molecule has 1 fully saturated rings. The van der Waals surface area contributed by atoms with Crippen LogP contribution in [0.25, 0.3) is 0 Å². The Bertz CT molecular complexity index is 966. The van der Waals surface area contributed by atoms with E-state index in [2.05, 4.69) is 4.98 Å². The molecule has 4 rings (SSSR count). The molecule has 0 spiro atoms. The summed E-state index contributed by atoms with van der Waals surface area (Å²) in [6, 6.07) is 8.66. The predicted octanol–water partition coefficient (Wildman–Crippen LogP) is 1.39. The summed E-state index contributed by atoms with van der Waals surface area (Å²) in [5, 5.41) is 9.90. The number of carboxylic acid groups (broad SMARTS) is 1. The molecule has 7 nitrogen and oxygen atoms in total. The number of carbonyl (C=O) groups is 2. The molecule has 0 aliphatic carbocycles. The van der Waals surface area contributed by atoms with Crippen LogP contribution in [0, 0.1) is 12.3 Å². The van der Waals surface area contributed by atoms with Crippen LogP contribution < -0.4 is 10.2 Å². The summed E-state index contributed by atoms with van der Waals surface area (Å²) in [5.41, 5.74) is -0.118. The van der Waals surface area contributed by atoms with E-state index in [-0.39, 0.29) is 36.6 Å². The molecule has 0 unspecified atom stereocenters. The van der Waals surface area contributed by atoms with Crippen LogP contribution >= 0.6 is 0 Å². The largest absolute Gasteiger partial charge is 0.492 e. The summed E-state index contributed by atoms with van der Waals surface area (Å²) in [6.07, 6.45) is 1.39. The molecule has 3 heterocycles. The van der Waals surface area contributed by atoms with Gasteiger partial charge in [-0.2, -0.15) is 0 Å². The normalized spacial score (nSPS) is 23.7. The van der Waals surface area contributed by atoms with E-state index < -0.39 is 17.3 Å². The molecule has 0 bridgehead atoms.